The highest BCUT2D eigenvalue weighted by molar-refractivity contribution is 7.92. The van der Waals surface area contributed by atoms with Crippen molar-refractivity contribution in [1.29, 1.82) is 0 Å². The summed E-state index contributed by atoms with van der Waals surface area (Å²) in [6.07, 6.45) is 2.88. The highest BCUT2D eigenvalue weighted by atomic mass is 32.2. The van der Waals surface area contributed by atoms with Gasteiger partial charge in [-0.25, -0.2) is 8.42 Å². The molecule has 0 unspecified atom stereocenters. The van der Waals surface area contributed by atoms with Crippen molar-refractivity contribution < 1.29 is 8.42 Å². The molecule has 0 atom stereocenters. The molecule has 1 fully saturated rings. The molecule has 0 aliphatic carbocycles. The highest BCUT2D eigenvalue weighted by Gasteiger charge is 2.18. The first-order chi connectivity index (χ1) is 9.98. The number of nitrogens with zero attached hydrogens (tertiary/aromatic N) is 1. The van der Waals surface area contributed by atoms with E-state index in [2.05, 4.69) is 10.0 Å². The molecule has 2 N–H and O–H groups in total. The maximum Gasteiger partial charge on any atom is 0.232 e. The van der Waals surface area contributed by atoms with Crippen LogP contribution in [0.2, 0.25) is 0 Å². The Hall–Kier alpha value is -1.27. The van der Waals surface area contributed by atoms with Gasteiger partial charge in [0.25, 0.3) is 0 Å². The predicted molar refractivity (Wildman–Crippen MR) is 88.4 cm³/mol. The third-order valence-electron chi connectivity index (χ3n) is 3.90. The second-order valence-corrected chi connectivity index (χ2v) is 7.66. The molecule has 1 aromatic carbocycles. The maximum atomic E-state index is 12.3. The molecule has 0 radical (unpaired) electrons. The lowest BCUT2D eigenvalue weighted by Gasteiger charge is -2.23. The molecule has 0 saturated carbocycles. The number of rotatable bonds is 6. The number of hydrogen-bond donors (Lipinski definition) is 2. The van der Waals surface area contributed by atoms with Gasteiger partial charge >= 0.3 is 0 Å². The van der Waals surface area contributed by atoms with Crippen LogP contribution in [0.4, 0.5) is 11.4 Å². The average molecular weight is 311 g/mol. The van der Waals surface area contributed by atoms with Gasteiger partial charge in [0, 0.05) is 14.1 Å². The SMILES string of the molecule is CN(C)c1ccccc1NS(=O)(=O)CCC1CCNCC1. The molecule has 0 spiro atoms. The van der Waals surface area contributed by atoms with E-state index in [1.54, 1.807) is 6.07 Å². The van der Waals surface area contributed by atoms with Gasteiger partial charge < -0.3 is 10.2 Å². The number of para-hydroxylation sites is 2. The summed E-state index contributed by atoms with van der Waals surface area (Å²) in [7, 11) is 0.523. The molecule has 6 heteroatoms. The Morgan fingerprint density at radius 1 is 1.24 bits per heavy atom. The first-order valence-corrected chi connectivity index (χ1v) is 9.11. The number of benzene rings is 1. The van der Waals surface area contributed by atoms with Crippen molar-refractivity contribution in [3.63, 3.8) is 0 Å². The van der Waals surface area contributed by atoms with Crippen molar-refractivity contribution in [2.24, 2.45) is 5.92 Å². The Morgan fingerprint density at radius 3 is 2.57 bits per heavy atom. The van der Waals surface area contributed by atoms with Gasteiger partial charge in [-0.1, -0.05) is 12.1 Å². The van der Waals surface area contributed by atoms with Gasteiger partial charge in [-0.2, -0.15) is 0 Å². The summed E-state index contributed by atoms with van der Waals surface area (Å²) >= 11 is 0. The molecule has 0 bridgehead atoms. The molecule has 5 nitrogen and oxygen atoms in total. The first kappa shape index (κ1) is 16.1. The van der Waals surface area contributed by atoms with Crippen molar-refractivity contribution in [3.05, 3.63) is 24.3 Å². The normalized spacial score (nSPS) is 16.7. The Kier molecular flexibility index (Phi) is 5.47. The number of hydrogen-bond acceptors (Lipinski definition) is 4. The third-order valence-corrected chi connectivity index (χ3v) is 5.21. The quantitative estimate of drug-likeness (QED) is 0.842. The summed E-state index contributed by atoms with van der Waals surface area (Å²) in [6.45, 7) is 2.00. The van der Waals surface area contributed by atoms with Crippen LogP contribution >= 0.6 is 0 Å². The molecule has 1 heterocycles. The maximum absolute atomic E-state index is 12.3. The molecule has 1 saturated heterocycles. The van der Waals surface area contributed by atoms with Crippen LogP contribution in [0.15, 0.2) is 24.3 Å². The van der Waals surface area contributed by atoms with Gasteiger partial charge in [0.15, 0.2) is 0 Å². The van der Waals surface area contributed by atoms with Gasteiger partial charge in [0.05, 0.1) is 17.1 Å². The topological polar surface area (TPSA) is 61.4 Å². The van der Waals surface area contributed by atoms with E-state index in [0.29, 0.717) is 11.6 Å². The first-order valence-electron chi connectivity index (χ1n) is 7.45. The zero-order valence-electron chi connectivity index (χ0n) is 12.8. The van der Waals surface area contributed by atoms with E-state index in [9.17, 15) is 8.42 Å². The fourth-order valence-electron chi connectivity index (χ4n) is 2.66. The van der Waals surface area contributed by atoms with Crippen molar-refractivity contribution in [2.75, 3.05) is 42.6 Å². The van der Waals surface area contributed by atoms with Crippen molar-refractivity contribution >= 4 is 21.4 Å². The van der Waals surface area contributed by atoms with Gasteiger partial charge in [0.2, 0.25) is 10.0 Å². The monoisotopic (exact) mass is 311 g/mol. The number of sulfonamides is 1. The number of anilines is 2. The highest BCUT2D eigenvalue weighted by Crippen LogP contribution is 2.25. The standard InChI is InChI=1S/C15H25N3O2S/c1-18(2)15-6-4-3-5-14(15)17-21(19,20)12-9-13-7-10-16-11-8-13/h3-6,13,16-17H,7-12H2,1-2H3. The second-order valence-electron chi connectivity index (χ2n) is 5.81. The van der Waals surface area contributed by atoms with E-state index < -0.39 is 10.0 Å². The smallest absolute Gasteiger partial charge is 0.232 e. The van der Waals surface area contributed by atoms with Crippen LogP contribution in [0.5, 0.6) is 0 Å². The van der Waals surface area contributed by atoms with Gasteiger partial charge in [-0.05, 0) is 50.4 Å². The van der Waals surface area contributed by atoms with Gasteiger partial charge in [-0.3, -0.25) is 4.72 Å². The predicted octanol–water partition coefficient (Wildman–Crippen LogP) is 1.88. The van der Waals surface area contributed by atoms with Crippen molar-refractivity contribution in [1.82, 2.24) is 5.32 Å². The fourth-order valence-corrected chi connectivity index (χ4v) is 3.91. The van der Waals surface area contributed by atoms with Crippen LogP contribution < -0.4 is 14.9 Å². The molecule has 21 heavy (non-hydrogen) atoms. The number of nitrogens with one attached hydrogen (secondary N) is 2. The van der Waals surface area contributed by atoms with E-state index >= 15 is 0 Å². The molecule has 0 amide bonds. The summed E-state index contributed by atoms with van der Waals surface area (Å²) in [5, 5.41) is 3.30. The lowest BCUT2D eigenvalue weighted by molar-refractivity contribution is 0.365. The van der Waals surface area contributed by atoms with Crippen LogP contribution in [0.3, 0.4) is 0 Å². The largest absolute Gasteiger partial charge is 0.376 e. The van der Waals surface area contributed by atoms with Crippen LogP contribution in [0.1, 0.15) is 19.3 Å². The molecule has 1 aliphatic heterocycles. The summed E-state index contributed by atoms with van der Waals surface area (Å²) in [4.78, 5) is 1.91. The van der Waals surface area contributed by atoms with Gasteiger partial charge in [-0.15, -0.1) is 0 Å². The zero-order chi connectivity index (χ0) is 15.3. The summed E-state index contributed by atoms with van der Waals surface area (Å²) < 4.78 is 27.3. The van der Waals surface area contributed by atoms with Gasteiger partial charge in [0.1, 0.15) is 0 Å². The summed E-state index contributed by atoms with van der Waals surface area (Å²) in [5.74, 6) is 0.714. The molecular formula is C15H25N3O2S. The lowest BCUT2D eigenvalue weighted by atomic mass is 9.96. The average Bonchev–Trinajstić information content (AvgIpc) is 2.46. The Bertz CT molecular complexity index is 552. The summed E-state index contributed by atoms with van der Waals surface area (Å²) in [5.41, 5.74) is 1.52. The molecule has 118 valence electrons. The fraction of sp³-hybridized carbons (Fsp3) is 0.600. The van der Waals surface area contributed by atoms with E-state index in [1.807, 2.05) is 37.2 Å². The molecular weight excluding hydrogens is 286 g/mol. The second kappa shape index (κ2) is 7.13. The minimum Gasteiger partial charge on any atom is -0.376 e. The minimum atomic E-state index is -3.29. The van der Waals surface area contributed by atoms with Crippen molar-refractivity contribution in [3.8, 4) is 0 Å². The number of piperidine rings is 1. The van der Waals surface area contributed by atoms with E-state index in [4.69, 9.17) is 0 Å². The Balaban J connectivity index is 1.97. The Morgan fingerprint density at radius 2 is 1.90 bits per heavy atom. The minimum absolute atomic E-state index is 0.194. The molecule has 2 rings (SSSR count). The summed E-state index contributed by atoms with van der Waals surface area (Å²) in [6, 6.07) is 7.46. The van der Waals surface area contributed by atoms with E-state index in [0.717, 1.165) is 38.0 Å². The van der Waals surface area contributed by atoms with Crippen LogP contribution in [-0.4, -0.2) is 41.4 Å². The van der Waals surface area contributed by atoms with Crippen LogP contribution in [0, 0.1) is 5.92 Å². The zero-order valence-corrected chi connectivity index (χ0v) is 13.6. The molecule has 1 aromatic rings. The van der Waals surface area contributed by atoms with Crippen LogP contribution in [-0.2, 0) is 10.0 Å². The van der Waals surface area contributed by atoms with Crippen molar-refractivity contribution in [2.45, 2.75) is 19.3 Å². The van der Waals surface area contributed by atoms with E-state index in [-0.39, 0.29) is 5.75 Å². The van der Waals surface area contributed by atoms with E-state index in [1.165, 1.54) is 0 Å². The molecule has 0 aromatic heterocycles. The lowest BCUT2D eigenvalue weighted by Crippen LogP contribution is -2.29. The Labute approximate surface area is 127 Å². The third kappa shape index (κ3) is 4.89. The van der Waals surface area contributed by atoms with Crippen LogP contribution in [0.25, 0.3) is 0 Å². The molecule has 1 aliphatic rings.